The van der Waals surface area contributed by atoms with E-state index in [1.807, 2.05) is 19.1 Å². The van der Waals surface area contributed by atoms with Gasteiger partial charge in [-0.15, -0.1) is 0 Å². The van der Waals surface area contributed by atoms with Crippen molar-refractivity contribution in [2.45, 2.75) is 11.8 Å². The maximum atomic E-state index is 12.7. The molecular formula is C20H25ClN3O4S+. The Morgan fingerprint density at radius 3 is 2.31 bits per heavy atom. The van der Waals surface area contributed by atoms with Gasteiger partial charge in [-0.25, -0.2) is 8.42 Å². The highest BCUT2D eigenvalue weighted by molar-refractivity contribution is 7.89. The van der Waals surface area contributed by atoms with Crippen LogP contribution in [0.2, 0.25) is 5.02 Å². The number of hydrogen-bond donors (Lipinski definition) is 2. The molecule has 1 fully saturated rings. The monoisotopic (exact) mass is 438 g/mol. The zero-order chi connectivity index (χ0) is 20.9. The second kappa shape index (κ2) is 9.58. The Balaban J connectivity index is 1.50. The number of sulfonamides is 1. The van der Waals surface area contributed by atoms with E-state index in [1.54, 1.807) is 24.3 Å². The maximum Gasteiger partial charge on any atom is 0.279 e. The van der Waals surface area contributed by atoms with Crippen LogP contribution in [0.15, 0.2) is 53.4 Å². The molecule has 9 heteroatoms. The van der Waals surface area contributed by atoms with E-state index in [-0.39, 0.29) is 10.8 Å². The Hall–Kier alpha value is -2.13. The summed E-state index contributed by atoms with van der Waals surface area (Å²) in [7, 11) is -3.54. The highest BCUT2D eigenvalue weighted by Crippen LogP contribution is 2.18. The third-order valence-electron chi connectivity index (χ3n) is 4.74. The lowest BCUT2D eigenvalue weighted by atomic mass is 10.3. The van der Waals surface area contributed by atoms with Gasteiger partial charge in [0, 0.05) is 10.7 Å². The smallest absolute Gasteiger partial charge is 0.279 e. The summed E-state index contributed by atoms with van der Waals surface area (Å²) < 4.78 is 32.3. The molecule has 0 aromatic heterocycles. The number of carbonyl (C=O) groups excluding carboxylic acids is 1. The third-order valence-corrected chi connectivity index (χ3v) is 6.91. The normalized spacial score (nSPS) is 15.8. The van der Waals surface area contributed by atoms with E-state index >= 15 is 0 Å². The third kappa shape index (κ3) is 5.70. The number of hydrogen-bond acceptors (Lipinski definition) is 4. The van der Waals surface area contributed by atoms with Crippen molar-refractivity contribution in [3.8, 4) is 5.75 Å². The number of anilines is 1. The Labute approximate surface area is 176 Å². The van der Waals surface area contributed by atoms with Crippen LogP contribution in [-0.2, 0) is 14.8 Å². The van der Waals surface area contributed by atoms with Crippen molar-refractivity contribution in [3.63, 3.8) is 0 Å². The lowest BCUT2D eigenvalue weighted by Gasteiger charge is -2.31. The minimum atomic E-state index is -3.54. The van der Waals surface area contributed by atoms with Crippen LogP contribution in [0.1, 0.15) is 6.92 Å². The molecule has 0 atom stereocenters. The predicted octanol–water partition coefficient (Wildman–Crippen LogP) is 1.27. The summed E-state index contributed by atoms with van der Waals surface area (Å²) in [4.78, 5) is 13.6. The average molecular weight is 439 g/mol. The van der Waals surface area contributed by atoms with Gasteiger partial charge in [-0.05, 0) is 55.5 Å². The number of carbonyl (C=O) groups is 1. The molecule has 2 aromatic rings. The van der Waals surface area contributed by atoms with Gasteiger partial charge >= 0.3 is 0 Å². The van der Waals surface area contributed by atoms with Gasteiger partial charge in [-0.2, -0.15) is 4.31 Å². The quantitative estimate of drug-likeness (QED) is 0.682. The summed E-state index contributed by atoms with van der Waals surface area (Å²) in [5.41, 5.74) is 0.710. The molecule has 0 spiro atoms. The largest absolute Gasteiger partial charge is 0.494 e. The molecular weight excluding hydrogens is 414 g/mol. The maximum absolute atomic E-state index is 12.7. The van der Waals surface area contributed by atoms with E-state index in [0.29, 0.717) is 50.0 Å². The molecule has 0 aliphatic carbocycles. The van der Waals surface area contributed by atoms with E-state index in [2.05, 4.69) is 5.32 Å². The standard InChI is InChI=1S/C20H24ClN3O4S/c1-2-28-18-7-5-17(6-8-18)22-20(25)15-23-11-13-24(14-12-23)29(26,27)19-9-3-16(21)4-10-19/h3-10H,2,11-15H2,1H3,(H,22,25)/p+1. The van der Waals surface area contributed by atoms with Gasteiger partial charge in [0.2, 0.25) is 10.0 Å². The van der Waals surface area contributed by atoms with Crippen LogP contribution in [0, 0.1) is 0 Å². The molecule has 29 heavy (non-hydrogen) atoms. The van der Waals surface area contributed by atoms with E-state index in [4.69, 9.17) is 16.3 Å². The van der Waals surface area contributed by atoms with Gasteiger partial charge in [-0.3, -0.25) is 4.79 Å². The van der Waals surface area contributed by atoms with Crippen molar-refractivity contribution in [1.29, 1.82) is 0 Å². The molecule has 3 rings (SSSR count). The van der Waals surface area contributed by atoms with Crippen LogP contribution in [0.4, 0.5) is 5.69 Å². The van der Waals surface area contributed by atoms with Crippen LogP contribution < -0.4 is 15.0 Å². The summed E-state index contributed by atoms with van der Waals surface area (Å²) in [5, 5.41) is 3.37. The molecule has 1 aliphatic rings. The Morgan fingerprint density at radius 2 is 1.72 bits per heavy atom. The molecule has 156 valence electrons. The van der Waals surface area contributed by atoms with Gasteiger partial charge in [-0.1, -0.05) is 11.6 Å². The van der Waals surface area contributed by atoms with Gasteiger partial charge < -0.3 is 15.0 Å². The summed E-state index contributed by atoms with van der Waals surface area (Å²) in [5.74, 6) is 0.660. The topological polar surface area (TPSA) is 80.2 Å². The molecule has 2 aromatic carbocycles. The molecule has 0 unspecified atom stereocenters. The second-order valence-electron chi connectivity index (χ2n) is 6.79. The van der Waals surface area contributed by atoms with Crippen molar-refractivity contribution in [3.05, 3.63) is 53.6 Å². The zero-order valence-corrected chi connectivity index (χ0v) is 17.8. The van der Waals surface area contributed by atoms with Crippen molar-refractivity contribution in [1.82, 2.24) is 4.31 Å². The molecule has 1 saturated heterocycles. The van der Waals surface area contributed by atoms with Crippen molar-refractivity contribution in [2.75, 3.05) is 44.6 Å². The zero-order valence-electron chi connectivity index (χ0n) is 16.2. The number of ether oxygens (including phenoxy) is 1. The summed E-state index contributed by atoms with van der Waals surface area (Å²) >= 11 is 5.84. The number of nitrogens with zero attached hydrogens (tertiary/aromatic N) is 1. The molecule has 2 N–H and O–H groups in total. The minimum Gasteiger partial charge on any atom is -0.494 e. The van der Waals surface area contributed by atoms with Crippen LogP contribution in [-0.4, -0.2) is 58.0 Å². The fourth-order valence-electron chi connectivity index (χ4n) is 3.21. The first-order valence-corrected chi connectivity index (χ1v) is 11.3. The highest BCUT2D eigenvalue weighted by atomic mass is 35.5. The van der Waals surface area contributed by atoms with Crippen LogP contribution in [0.25, 0.3) is 0 Å². The molecule has 0 saturated carbocycles. The molecule has 1 amide bonds. The Bertz CT molecular complexity index is 925. The summed E-state index contributed by atoms with van der Waals surface area (Å²) in [6.45, 7) is 4.69. The van der Waals surface area contributed by atoms with Crippen LogP contribution in [0.5, 0.6) is 5.75 Å². The number of piperazine rings is 1. The second-order valence-corrected chi connectivity index (χ2v) is 9.16. The minimum absolute atomic E-state index is 0.0989. The summed E-state index contributed by atoms with van der Waals surface area (Å²) in [6.07, 6.45) is 0. The first-order chi connectivity index (χ1) is 13.9. The number of nitrogens with one attached hydrogen (secondary N) is 2. The Morgan fingerprint density at radius 1 is 1.10 bits per heavy atom. The predicted molar refractivity (Wildman–Crippen MR) is 112 cm³/mol. The first-order valence-electron chi connectivity index (χ1n) is 9.50. The molecule has 0 bridgehead atoms. The van der Waals surface area contributed by atoms with E-state index in [1.165, 1.54) is 16.4 Å². The van der Waals surface area contributed by atoms with E-state index in [0.717, 1.165) is 10.6 Å². The van der Waals surface area contributed by atoms with Crippen molar-refractivity contribution in [2.24, 2.45) is 0 Å². The van der Waals surface area contributed by atoms with Gasteiger partial charge in [0.1, 0.15) is 5.75 Å². The molecule has 7 nitrogen and oxygen atoms in total. The van der Waals surface area contributed by atoms with E-state index in [9.17, 15) is 13.2 Å². The number of amides is 1. The first kappa shape index (κ1) is 21.6. The number of rotatable bonds is 7. The SMILES string of the molecule is CCOc1ccc(NC(=O)C[NH+]2CCN(S(=O)(=O)c3ccc(Cl)cc3)CC2)cc1. The Kier molecular flexibility index (Phi) is 7.13. The average Bonchev–Trinajstić information content (AvgIpc) is 2.70. The summed E-state index contributed by atoms with van der Waals surface area (Å²) in [6, 6.07) is 13.4. The number of halogens is 1. The highest BCUT2D eigenvalue weighted by Gasteiger charge is 2.31. The fourth-order valence-corrected chi connectivity index (χ4v) is 4.78. The van der Waals surface area contributed by atoms with Crippen LogP contribution >= 0.6 is 11.6 Å². The molecule has 0 radical (unpaired) electrons. The number of quaternary nitrogens is 1. The fraction of sp³-hybridized carbons (Fsp3) is 0.350. The van der Waals surface area contributed by atoms with Gasteiger partial charge in [0.15, 0.2) is 6.54 Å². The van der Waals surface area contributed by atoms with Crippen molar-refractivity contribution >= 4 is 33.2 Å². The number of benzene rings is 2. The lowest BCUT2D eigenvalue weighted by Crippen LogP contribution is -3.15. The van der Waals surface area contributed by atoms with Gasteiger partial charge in [0.05, 0.1) is 37.7 Å². The molecule has 1 heterocycles. The molecule has 1 aliphatic heterocycles. The van der Waals surface area contributed by atoms with Crippen molar-refractivity contribution < 1.29 is 22.8 Å². The van der Waals surface area contributed by atoms with E-state index < -0.39 is 10.0 Å². The van der Waals surface area contributed by atoms with Gasteiger partial charge in [0.25, 0.3) is 5.91 Å². The van der Waals surface area contributed by atoms with Crippen LogP contribution in [0.3, 0.4) is 0 Å². The lowest BCUT2D eigenvalue weighted by molar-refractivity contribution is -0.895.